The molecule has 28 heavy (non-hydrogen) atoms. The van der Waals surface area contributed by atoms with E-state index >= 15 is 0 Å². The van der Waals surface area contributed by atoms with Crippen LogP contribution in [0.1, 0.15) is 18.1 Å². The average Bonchev–Trinajstić information content (AvgIpc) is 2.74. The van der Waals surface area contributed by atoms with Crippen molar-refractivity contribution >= 4 is 11.9 Å². The molecule has 1 amide bonds. The van der Waals surface area contributed by atoms with Crippen LogP contribution in [-0.2, 0) is 20.7 Å². The van der Waals surface area contributed by atoms with Gasteiger partial charge in [0, 0.05) is 25.1 Å². The van der Waals surface area contributed by atoms with E-state index in [1.54, 1.807) is 11.8 Å². The Morgan fingerprint density at radius 2 is 1.64 bits per heavy atom. The van der Waals surface area contributed by atoms with Crippen molar-refractivity contribution in [1.82, 2.24) is 4.90 Å². The van der Waals surface area contributed by atoms with Gasteiger partial charge in [-0.3, -0.25) is 4.79 Å². The van der Waals surface area contributed by atoms with Gasteiger partial charge < -0.3 is 14.4 Å². The van der Waals surface area contributed by atoms with E-state index in [2.05, 4.69) is 11.8 Å². The lowest BCUT2D eigenvalue weighted by atomic mass is 9.95. The van der Waals surface area contributed by atoms with Gasteiger partial charge in [-0.1, -0.05) is 54.5 Å². The van der Waals surface area contributed by atoms with Gasteiger partial charge in [0.2, 0.25) is 5.60 Å². The highest BCUT2D eigenvalue weighted by Gasteiger charge is 2.37. The highest BCUT2D eigenvalue weighted by Crippen LogP contribution is 2.18. The van der Waals surface area contributed by atoms with Crippen LogP contribution in [0.25, 0.3) is 0 Å². The molecule has 0 aliphatic carbocycles. The van der Waals surface area contributed by atoms with Gasteiger partial charge in [0.15, 0.2) is 5.78 Å². The summed E-state index contributed by atoms with van der Waals surface area (Å²) >= 11 is 0. The molecule has 144 valence electrons. The van der Waals surface area contributed by atoms with Crippen molar-refractivity contribution in [3.63, 3.8) is 0 Å². The van der Waals surface area contributed by atoms with Crippen molar-refractivity contribution in [3.05, 3.63) is 71.8 Å². The molecule has 1 atom stereocenters. The molecule has 5 nitrogen and oxygen atoms in total. The smallest absolute Gasteiger partial charge is 0.411 e. The van der Waals surface area contributed by atoms with Gasteiger partial charge in [0.25, 0.3) is 0 Å². The predicted octanol–water partition coefficient (Wildman–Crippen LogP) is 3.08. The molecule has 1 aliphatic rings. The summed E-state index contributed by atoms with van der Waals surface area (Å²) in [7, 11) is 0. The zero-order valence-electron chi connectivity index (χ0n) is 15.9. The predicted molar refractivity (Wildman–Crippen MR) is 106 cm³/mol. The van der Waals surface area contributed by atoms with E-state index < -0.39 is 11.7 Å². The lowest BCUT2D eigenvalue weighted by molar-refractivity contribution is -0.131. The fourth-order valence-electron chi connectivity index (χ4n) is 2.80. The molecule has 2 aromatic carbocycles. The Morgan fingerprint density at radius 3 is 2.29 bits per heavy atom. The molecule has 1 fully saturated rings. The molecular weight excluding hydrogens is 354 g/mol. The van der Waals surface area contributed by atoms with Crippen LogP contribution in [-0.4, -0.2) is 48.7 Å². The zero-order chi connectivity index (χ0) is 19.8. The van der Waals surface area contributed by atoms with Crippen molar-refractivity contribution in [2.45, 2.75) is 18.9 Å². The number of Topliss-reactive ketones (excluding diaryl/α,β-unsaturated/α-hetero) is 1. The molecule has 0 N–H and O–H groups in total. The molecule has 5 heteroatoms. The zero-order valence-corrected chi connectivity index (χ0v) is 15.9. The largest absolute Gasteiger partial charge is 0.422 e. The summed E-state index contributed by atoms with van der Waals surface area (Å²) in [4.78, 5) is 27.2. The summed E-state index contributed by atoms with van der Waals surface area (Å²) in [5.41, 5.74) is 0.0625. The van der Waals surface area contributed by atoms with Gasteiger partial charge >= 0.3 is 6.09 Å². The summed E-state index contributed by atoms with van der Waals surface area (Å²) < 4.78 is 10.9. The maximum atomic E-state index is 13.1. The van der Waals surface area contributed by atoms with E-state index in [0.29, 0.717) is 26.3 Å². The minimum atomic E-state index is -1.54. The lowest BCUT2D eigenvalue weighted by Crippen LogP contribution is -2.47. The van der Waals surface area contributed by atoms with Crippen LogP contribution in [0.15, 0.2) is 60.7 Å². The van der Waals surface area contributed by atoms with Gasteiger partial charge in [-0.2, -0.15) is 0 Å². The van der Waals surface area contributed by atoms with Crippen LogP contribution in [0.3, 0.4) is 0 Å². The highest BCUT2D eigenvalue weighted by molar-refractivity contribution is 5.94. The third kappa shape index (κ3) is 5.21. The van der Waals surface area contributed by atoms with Gasteiger partial charge in [0.1, 0.15) is 0 Å². The molecule has 1 heterocycles. The Morgan fingerprint density at radius 1 is 1.04 bits per heavy atom. The molecule has 0 radical (unpaired) electrons. The lowest BCUT2D eigenvalue weighted by Gasteiger charge is -2.30. The van der Waals surface area contributed by atoms with Crippen molar-refractivity contribution in [1.29, 1.82) is 0 Å². The van der Waals surface area contributed by atoms with Crippen LogP contribution < -0.4 is 0 Å². The van der Waals surface area contributed by atoms with Crippen LogP contribution in [0.4, 0.5) is 4.79 Å². The number of nitrogens with zero attached hydrogens (tertiary/aromatic N) is 1. The topological polar surface area (TPSA) is 55.8 Å². The number of carbonyl (C=O) groups is 2. The summed E-state index contributed by atoms with van der Waals surface area (Å²) in [6, 6.07) is 18.7. The Bertz CT molecular complexity index is 864. The summed E-state index contributed by atoms with van der Waals surface area (Å²) in [5, 5.41) is 0. The molecule has 0 bridgehead atoms. The van der Waals surface area contributed by atoms with E-state index in [0.717, 1.165) is 11.1 Å². The Balaban J connectivity index is 1.83. The molecule has 1 aliphatic heterocycles. The van der Waals surface area contributed by atoms with Gasteiger partial charge in [0.05, 0.1) is 13.2 Å². The fourth-order valence-corrected chi connectivity index (χ4v) is 2.80. The van der Waals surface area contributed by atoms with Gasteiger partial charge in [-0.05, 0) is 30.5 Å². The number of benzene rings is 2. The minimum absolute atomic E-state index is 0.136. The third-order valence-corrected chi connectivity index (χ3v) is 4.52. The number of ether oxygens (including phenoxy) is 2. The molecule has 3 rings (SSSR count). The first-order chi connectivity index (χ1) is 13.6. The van der Waals surface area contributed by atoms with E-state index in [9.17, 15) is 9.59 Å². The number of hydrogen-bond donors (Lipinski definition) is 0. The second-order valence-corrected chi connectivity index (χ2v) is 6.70. The average molecular weight is 377 g/mol. The maximum absolute atomic E-state index is 13.1. The molecule has 0 aromatic heterocycles. The molecule has 1 saturated heterocycles. The number of amides is 1. The Hall–Kier alpha value is -3.10. The molecule has 0 saturated carbocycles. The van der Waals surface area contributed by atoms with Crippen LogP contribution >= 0.6 is 0 Å². The highest BCUT2D eigenvalue weighted by atomic mass is 16.6. The first-order valence-electron chi connectivity index (χ1n) is 9.28. The molecule has 0 spiro atoms. The van der Waals surface area contributed by atoms with Crippen molar-refractivity contribution in [3.8, 4) is 11.8 Å². The summed E-state index contributed by atoms with van der Waals surface area (Å²) in [6.07, 6.45) is -0.411. The number of morpholine rings is 1. The second kappa shape index (κ2) is 9.20. The van der Waals surface area contributed by atoms with E-state index in [-0.39, 0.29) is 12.2 Å². The number of hydrogen-bond acceptors (Lipinski definition) is 4. The second-order valence-electron chi connectivity index (χ2n) is 6.70. The molecule has 1 unspecified atom stereocenters. The maximum Gasteiger partial charge on any atom is 0.411 e. The fraction of sp³-hybridized carbons (Fsp3) is 0.304. The van der Waals surface area contributed by atoms with Gasteiger partial charge in [-0.15, -0.1) is 0 Å². The van der Waals surface area contributed by atoms with Crippen molar-refractivity contribution in [2.75, 3.05) is 26.3 Å². The van der Waals surface area contributed by atoms with Crippen molar-refractivity contribution in [2.24, 2.45) is 0 Å². The first kappa shape index (κ1) is 19.7. The number of carbonyl (C=O) groups excluding carboxylic acids is 2. The van der Waals surface area contributed by atoms with Crippen molar-refractivity contribution < 1.29 is 19.1 Å². The van der Waals surface area contributed by atoms with Crippen LogP contribution in [0.5, 0.6) is 0 Å². The monoisotopic (exact) mass is 377 g/mol. The number of ketones is 1. The number of rotatable bonds is 4. The van der Waals surface area contributed by atoms with E-state index in [4.69, 9.17) is 9.47 Å². The van der Waals surface area contributed by atoms with Crippen LogP contribution in [0, 0.1) is 11.8 Å². The van der Waals surface area contributed by atoms with E-state index in [1.807, 2.05) is 60.7 Å². The molecular formula is C23H23NO4. The Labute approximate surface area is 165 Å². The standard InChI is InChI=1S/C23H23NO4/c1-23(13-12-19-8-4-2-5-9-19,21(25)18-20-10-6-3-7-11-20)28-22(26)24-14-16-27-17-15-24/h2-11H,14-18H2,1H3. The third-order valence-electron chi connectivity index (χ3n) is 4.52. The SMILES string of the molecule is CC(C#Cc1ccccc1)(OC(=O)N1CCOCC1)C(=O)Cc1ccccc1. The minimum Gasteiger partial charge on any atom is -0.422 e. The van der Waals surface area contributed by atoms with Crippen LogP contribution in [0.2, 0.25) is 0 Å². The Kier molecular flexibility index (Phi) is 6.46. The van der Waals surface area contributed by atoms with Gasteiger partial charge in [-0.25, -0.2) is 4.79 Å². The quantitative estimate of drug-likeness (QED) is 0.769. The molecule has 2 aromatic rings. The first-order valence-corrected chi connectivity index (χ1v) is 9.28. The summed E-state index contributed by atoms with van der Waals surface area (Å²) in [5.74, 6) is 5.61. The summed E-state index contributed by atoms with van der Waals surface area (Å²) in [6.45, 7) is 3.35. The normalized spacial score (nSPS) is 15.7. The van der Waals surface area contributed by atoms with E-state index in [1.165, 1.54) is 0 Å².